The third kappa shape index (κ3) is 2.79. The molecule has 3 aliphatic carbocycles. The van der Waals surface area contributed by atoms with Gasteiger partial charge in [0.15, 0.2) is 0 Å². The first kappa shape index (κ1) is 22.7. The molecular formula is C29H37NO4. The Labute approximate surface area is 202 Å². The number of aliphatic hydroxyl groups is 3. The Hall–Kier alpha value is -1.76. The molecule has 0 aromatic heterocycles. The Morgan fingerprint density at radius 1 is 1.12 bits per heavy atom. The molecule has 2 bridgehead atoms. The van der Waals surface area contributed by atoms with Crippen molar-refractivity contribution in [1.82, 2.24) is 4.90 Å². The summed E-state index contributed by atoms with van der Waals surface area (Å²) < 4.78 is 7.26. The number of benzene rings is 1. The molecule has 5 aliphatic rings. The minimum atomic E-state index is -0.895. The normalized spacial score (nSPS) is 42.8. The van der Waals surface area contributed by atoms with E-state index in [9.17, 15) is 15.3 Å². The zero-order valence-electron chi connectivity index (χ0n) is 20.7. The monoisotopic (exact) mass is 463 g/mol. The van der Waals surface area contributed by atoms with Crippen LogP contribution in [-0.2, 0) is 11.3 Å². The van der Waals surface area contributed by atoms with Gasteiger partial charge in [-0.05, 0) is 81.0 Å². The van der Waals surface area contributed by atoms with Crippen molar-refractivity contribution in [3.63, 3.8) is 0 Å². The molecule has 2 aliphatic heterocycles. The van der Waals surface area contributed by atoms with E-state index >= 15 is 0 Å². The van der Waals surface area contributed by atoms with E-state index in [1.807, 2.05) is 31.1 Å². The van der Waals surface area contributed by atoms with E-state index in [0.29, 0.717) is 12.3 Å². The fourth-order valence-corrected chi connectivity index (χ4v) is 8.24. The lowest BCUT2D eigenvalue weighted by molar-refractivity contribution is -0.162. The van der Waals surface area contributed by atoms with Crippen LogP contribution in [0.3, 0.4) is 0 Å². The first-order chi connectivity index (χ1) is 16.1. The number of ether oxygens (including phenoxy) is 1. The highest BCUT2D eigenvalue weighted by molar-refractivity contribution is 5.75. The molecule has 5 nitrogen and oxygen atoms in total. The minimum Gasteiger partial charge on any atom is -0.392 e. The number of aliphatic hydroxyl groups excluding tert-OH is 3. The second-order valence-corrected chi connectivity index (χ2v) is 11.8. The summed E-state index contributed by atoms with van der Waals surface area (Å²) in [7, 11) is 3.95. The highest BCUT2D eigenvalue weighted by atomic mass is 16.5. The molecule has 3 N–H and O–H groups in total. The summed E-state index contributed by atoms with van der Waals surface area (Å²) in [6.45, 7) is 4.69. The summed E-state index contributed by atoms with van der Waals surface area (Å²) in [5.74, 6) is 0.338. The smallest absolute Gasteiger partial charge is 0.105 e. The van der Waals surface area contributed by atoms with Crippen LogP contribution in [0, 0.1) is 11.3 Å². The van der Waals surface area contributed by atoms with E-state index in [4.69, 9.17) is 4.74 Å². The Kier molecular flexibility index (Phi) is 4.92. The summed E-state index contributed by atoms with van der Waals surface area (Å²) >= 11 is 0. The van der Waals surface area contributed by atoms with E-state index in [0.717, 1.165) is 36.8 Å². The molecule has 34 heavy (non-hydrogen) atoms. The van der Waals surface area contributed by atoms with Crippen molar-refractivity contribution >= 4 is 5.57 Å². The predicted octanol–water partition coefficient (Wildman–Crippen LogP) is 3.59. The summed E-state index contributed by atoms with van der Waals surface area (Å²) in [6.07, 6.45) is 7.42. The van der Waals surface area contributed by atoms with Crippen molar-refractivity contribution in [2.45, 2.75) is 82.0 Å². The fraction of sp³-hybridized carbons (Fsp3) is 0.586. The fourth-order valence-electron chi connectivity index (χ4n) is 8.24. The number of hydrogen-bond donors (Lipinski definition) is 3. The Bertz CT molecular complexity index is 1120. The molecule has 182 valence electrons. The predicted molar refractivity (Wildman–Crippen MR) is 132 cm³/mol. The van der Waals surface area contributed by atoms with Gasteiger partial charge in [0.1, 0.15) is 6.10 Å². The lowest BCUT2D eigenvalue weighted by Crippen LogP contribution is -2.62. The van der Waals surface area contributed by atoms with Gasteiger partial charge < -0.3 is 25.0 Å². The van der Waals surface area contributed by atoms with Crippen LogP contribution in [0.2, 0.25) is 0 Å². The molecule has 0 amide bonds. The third-order valence-corrected chi connectivity index (χ3v) is 9.84. The lowest BCUT2D eigenvalue weighted by Gasteiger charge is -2.56. The zero-order chi connectivity index (χ0) is 24.0. The van der Waals surface area contributed by atoms with Crippen LogP contribution in [0.15, 0.2) is 53.1 Å². The number of fused-ring (bicyclic) bond motifs is 1. The largest absolute Gasteiger partial charge is 0.392 e. The molecule has 6 rings (SSSR count). The first-order valence-electron chi connectivity index (χ1n) is 12.7. The van der Waals surface area contributed by atoms with Gasteiger partial charge in [0.05, 0.1) is 23.9 Å². The van der Waals surface area contributed by atoms with Crippen LogP contribution < -0.4 is 0 Å². The van der Waals surface area contributed by atoms with Crippen LogP contribution in [0.4, 0.5) is 0 Å². The molecule has 7 atom stereocenters. The summed E-state index contributed by atoms with van der Waals surface area (Å²) in [4.78, 5) is 2.03. The maximum atomic E-state index is 11.2. The minimum absolute atomic E-state index is 0.0288. The molecule has 5 heteroatoms. The number of rotatable bonds is 3. The SMILES string of the molecule is CC1=C2C=C3C(O)C(O)C(N(C)C)CC34CCC2(O4)C2CC=C(c3ccc(CO)cc3)C2(C)C1. The number of allylic oxidation sites excluding steroid dienone is 3. The number of likely N-dealkylation sites (N-methyl/N-ethyl adjacent to an activating group) is 1. The van der Waals surface area contributed by atoms with Crippen molar-refractivity contribution in [3.05, 3.63) is 64.3 Å². The van der Waals surface area contributed by atoms with Crippen molar-refractivity contribution in [2.75, 3.05) is 14.1 Å². The maximum absolute atomic E-state index is 11.2. The van der Waals surface area contributed by atoms with Crippen LogP contribution >= 0.6 is 0 Å². The first-order valence-corrected chi connectivity index (χ1v) is 12.7. The molecule has 1 aromatic carbocycles. The summed E-state index contributed by atoms with van der Waals surface area (Å²) in [6, 6.07) is 8.21. The van der Waals surface area contributed by atoms with Crippen molar-refractivity contribution in [2.24, 2.45) is 11.3 Å². The summed E-state index contributed by atoms with van der Waals surface area (Å²) in [5.41, 5.74) is 6.15. The van der Waals surface area contributed by atoms with E-state index in [1.165, 1.54) is 22.3 Å². The Morgan fingerprint density at radius 3 is 2.53 bits per heavy atom. The second kappa shape index (κ2) is 7.37. The lowest BCUT2D eigenvalue weighted by atomic mass is 9.56. The Balaban J connectivity index is 1.44. The van der Waals surface area contributed by atoms with Crippen LogP contribution in [0.25, 0.3) is 5.57 Å². The van der Waals surface area contributed by atoms with E-state index in [2.05, 4.69) is 38.1 Å². The van der Waals surface area contributed by atoms with Crippen molar-refractivity contribution in [1.29, 1.82) is 0 Å². The molecule has 1 saturated carbocycles. The molecule has 2 heterocycles. The third-order valence-electron chi connectivity index (χ3n) is 9.84. The number of nitrogens with zero attached hydrogens (tertiary/aromatic N) is 1. The van der Waals surface area contributed by atoms with Gasteiger partial charge in [-0.1, -0.05) is 48.9 Å². The van der Waals surface area contributed by atoms with Crippen LogP contribution in [-0.4, -0.2) is 63.8 Å². The molecular weight excluding hydrogens is 426 g/mol. The van der Waals surface area contributed by atoms with Gasteiger partial charge in [-0.3, -0.25) is 0 Å². The highest BCUT2D eigenvalue weighted by Gasteiger charge is 2.67. The van der Waals surface area contributed by atoms with Gasteiger partial charge in [-0.2, -0.15) is 0 Å². The maximum Gasteiger partial charge on any atom is 0.105 e. The van der Waals surface area contributed by atoms with Gasteiger partial charge in [0.25, 0.3) is 0 Å². The second-order valence-electron chi connectivity index (χ2n) is 11.8. The zero-order valence-corrected chi connectivity index (χ0v) is 20.7. The van der Waals surface area contributed by atoms with Gasteiger partial charge in [-0.25, -0.2) is 0 Å². The standard InChI is InChI=1S/C29H37NO4/c1-17-14-27(2)20(19-7-5-18(16-31)6-8-19)9-10-24(27)29-12-11-28(34-29)15-23(30(3)4)26(33)25(32)22(28)13-21(17)29/h5-9,13,23-26,31-33H,10-12,14-16H2,1-4H3. The molecule has 2 spiro atoms. The Morgan fingerprint density at radius 2 is 1.85 bits per heavy atom. The van der Waals surface area contributed by atoms with Crippen LogP contribution in [0.5, 0.6) is 0 Å². The van der Waals surface area contributed by atoms with Crippen LogP contribution in [0.1, 0.15) is 57.1 Å². The quantitative estimate of drug-likeness (QED) is 0.639. The molecule has 1 aromatic rings. The average Bonchev–Trinajstić information content (AvgIpc) is 3.31. The van der Waals surface area contributed by atoms with E-state index in [1.54, 1.807) is 0 Å². The van der Waals surface area contributed by atoms with Gasteiger partial charge in [0, 0.05) is 17.4 Å². The molecule has 0 radical (unpaired) electrons. The highest BCUT2D eigenvalue weighted by Crippen LogP contribution is 2.68. The van der Waals surface area contributed by atoms with Gasteiger partial charge in [0.2, 0.25) is 0 Å². The molecule has 7 unspecified atom stereocenters. The molecule has 1 saturated heterocycles. The van der Waals surface area contributed by atoms with Crippen molar-refractivity contribution < 1.29 is 20.1 Å². The van der Waals surface area contributed by atoms with Crippen molar-refractivity contribution in [3.8, 4) is 0 Å². The average molecular weight is 464 g/mol. The van der Waals surface area contributed by atoms with E-state index in [-0.39, 0.29) is 23.7 Å². The number of hydrogen-bond acceptors (Lipinski definition) is 5. The van der Waals surface area contributed by atoms with E-state index < -0.39 is 17.8 Å². The topological polar surface area (TPSA) is 73.2 Å². The van der Waals surface area contributed by atoms with Gasteiger partial charge >= 0.3 is 0 Å². The molecule has 2 fully saturated rings. The van der Waals surface area contributed by atoms with Gasteiger partial charge in [-0.15, -0.1) is 0 Å². The summed E-state index contributed by atoms with van der Waals surface area (Å²) in [5, 5.41) is 31.5.